The maximum absolute atomic E-state index is 12.1. The van der Waals surface area contributed by atoms with Crippen molar-refractivity contribution < 1.29 is 23.9 Å². The van der Waals surface area contributed by atoms with E-state index < -0.39 is 24.3 Å². The van der Waals surface area contributed by atoms with Crippen LogP contribution in [0, 0.1) is 0 Å². The zero-order chi connectivity index (χ0) is 19.1. The zero-order valence-corrected chi connectivity index (χ0v) is 15.8. The van der Waals surface area contributed by atoms with Crippen molar-refractivity contribution in [3.63, 3.8) is 0 Å². The van der Waals surface area contributed by atoms with E-state index >= 15 is 0 Å². The van der Waals surface area contributed by atoms with E-state index in [1.54, 1.807) is 18.3 Å². The van der Waals surface area contributed by atoms with Crippen LogP contribution in [-0.4, -0.2) is 48.1 Å². The van der Waals surface area contributed by atoms with E-state index in [0.717, 1.165) is 16.5 Å². The second-order valence-corrected chi connectivity index (χ2v) is 7.46. The summed E-state index contributed by atoms with van der Waals surface area (Å²) in [5, 5.41) is 10.6. The molecule has 2 N–H and O–H groups in total. The number of H-pyrrole nitrogens is 1. The van der Waals surface area contributed by atoms with Gasteiger partial charge in [-0.05, 0) is 56.9 Å². The Labute approximate surface area is 153 Å². The molecule has 1 fully saturated rings. The maximum atomic E-state index is 12.1. The Morgan fingerprint density at radius 1 is 1.27 bits per heavy atom. The Hall–Kier alpha value is -2.09. The van der Waals surface area contributed by atoms with E-state index in [0.29, 0.717) is 11.0 Å². The topological polar surface area (TPSA) is 80.8 Å². The average molecular weight is 357 g/mol. The molecular formula is C19H24BNO5. The molecule has 2 aromatic rings. The van der Waals surface area contributed by atoms with Gasteiger partial charge in [-0.1, -0.05) is 6.08 Å². The highest BCUT2D eigenvalue weighted by Gasteiger charge is 2.52. The number of carbonyl (C=O) groups is 1. The molecule has 6 nitrogen and oxygen atoms in total. The van der Waals surface area contributed by atoms with Gasteiger partial charge in [0, 0.05) is 17.1 Å². The van der Waals surface area contributed by atoms with Gasteiger partial charge in [0.2, 0.25) is 0 Å². The SMILES string of the molecule is COC(=O)c1cc(C=C(CO)B2OC(C)(C)C(C)(C)O2)cc2[nH]ccc12. The number of aromatic amines is 1. The Morgan fingerprint density at radius 2 is 1.92 bits per heavy atom. The summed E-state index contributed by atoms with van der Waals surface area (Å²) in [5.74, 6) is -0.411. The van der Waals surface area contributed by atoms with Crippen LogP contribution in [0.15, 0.2) is 29.9 Å². The van der Waals surface area contributed by atoms with E-state index in [2.05, 4.69) is 4.98 Å². The summed E-state index contributed by atoms with van der Waals surface area (Å²) in [6.07, 6.45) is 3.56. The number of esters is 1. The smallest absolute Gasteiger partial charge is 0.465 e. The summed E-state index contributed by atoms with van der Waals surface area (Å²) in [6, 6.07) is 5.47. The number of benzene rings is 1. The first-order chi connectivity index (χ1) is 12.2. The molecule has 138 valence electrons. The fourth-order valence-corrected chi connectivity index (χ4v) is 2.95. The highest BCUT2D eigenvalue weighted by molar-refractivity contribution is 6.55. The van der Waals surface area contributed by atoms with Crippen LogP contribution in [0.3, 0.4) is 0 Å². The quantitative estimate of drug-likeness (QED) is 0.650. The third kappa shape index (κ3) is 3.18. The van der Waals surface area contributed by atoms with E-state index in [1.165, 1.54) is 7.11 Å². The number of hydrogen-bond donors (Lipinski definition) is 2. The number of carbonyl (C=O) groups excluding carboxylic acids is 1. The number of methoxy groups -OCH3 is 1. The molecule has 1 aliphatic heterocycles. The van der Waals surface area contributed by atoms with Gasteiger partial charge in [-0.3, -0.25) is 0 Å². The molecule has 7 heteroatoms. The number of fused-ring (bicyclic) bond motifs is 1. The molecule has 0 atom stereocenters. The molecule has 1 saturated heterocycles. The zero-order valence-electron chi connectivity index (χ0n) is 15.8. The van der Waals surface area contributed by atoms with E-state index in [1.807, 2.05) is 39.8 Å². The lowest BCUT2D eigenvalue weighted by Gasteiger charge is -2.32. The first-order valence-electron chi connectivity index (χ1n) is 8.55. The lowest BCUT2D eigenvalue weighted by Crippen LogP contribution is -2.41. The van der Waals surface area contributed by atoms with E-state index in [4.69, 9.17) is 14.0 Å². The van der Waals surface area contributed by atoms with Crippen LogP contribution in [0.2, 0.25) is 0 Å². The van der Waals surface area contributed by atoms with Crippen LogP contribution < -0.4 is 0 Å². The number of rotatable bonds is 4. The second kappa shape index (κ2) is 6.57. The van der Waals surface area contributed by atoms with Crippen LogP contribution in [0.1, 0.15) is 43.6 Å². The molecule has 3 rings (SSSR count). The number of hydrogen-bond acceptors (Lipinski definition) is 5. The van der Waals surface area contributed by atoms with Crippen molar-refractivity contribution in [3.8, 4) is 0 Å². The largest absolute Gasteiger partial charge is 0.492 e. The van der Waals surface area contributed by atoms with Crippen molar-refractivity contribution in [1.29, 1.82) is 0 Å². The van der Waals surface area contributed by atoms with Crippen LogP contribution in [0.25, 0.3) is 17.0 Å². The predicted octanol–water partition coefficient (Wildman–Crippen LogP) is 2.96. The summed E-state index contributed by atoms with van der Waals surface area (Å²) in [6.45, 7) is 7.63. The highest BCUT2D eigenvalue weighted by atomic mass is 16.7. The third-order valence-corrected chi connectivity index (χ3v) is 5.19. The van der Waals surface area contributed by atoms with Gasteiger partial charge >= 0.3 is 13.1 Å². The highest BCUT2D eigenvalue weighted by Crippen LogP contribution is 2.38. The molecule has 1 aromatic carbocycles. The summed E-state index contributed by atoms with van der Waals surface area (Å²) < 4.78 is 16.9. The van der Waals surface area contributed by atoms with Gasteiger partial charge in [0.15, 0.2) is 0 Å². The first kappa shape index (κ1) is 18.7. The molecule has 0 amide bonds. The lowest BCUT2D eigenvalue weighted by atomic mass is 9.77. The molecule has 2 heterocycles. The number of ether oxygens (including phenoxy) is 1. The van der Waals surface area contributed by atoms with Gasteiger partial charge in [0.25, 0.3) is 0 Å². The molecule has 0 unspecified atom stereocenters. The van der Waals surface area contributed by atoms with Gasteiger partial charge in [-0.2, -0.15) is 0 Å². The summed E-state index contributed by atoms with van der Waals surface area (Å²) in [4.78, 5) is 15.2. The standard InChI is InChI=1S/C19H24BNO5/c1-18(2)19(3,4)26-20(25-18)13(11-22)8-12-9-15(17(23)24-5)14-6-7-21-16(14)10-12/h6-10,21-22H,11H2,1-5H3. The molecule has 0 radical (unpaired) electrons. The number of aliphatic hydroxyl groups excluding tert-OH is 1. The van der Waals surface area contributed by atoms with Crippen molar-refractivity contribution in [3.05, 3.63) is 41.0 Å². The predicted molar refractivity (Wildman–Crippen MR) is 101 cm³/mol. The maximum Gasteiger partial charge on any atom is 0.492 e. The molecule has 0 saturated carbocycles. The minimum absolute atomic E-state index is 0.215. The van der Waals surface area contributed by atoms with Crippen LogP contribution in [0.5, 0.6) is 0 Å². The second-order valence-electron chi connectivity index (χ2n) is 7.46. The fraction of sp³-hybridized carbons (Fsp3) is 0.421. The van der Waals surface area contributed by atoms with Crippen molar-refractivity contribution in [2.45, 2.75) is 38.9 Å². The van der Waals surface area contributed by atoms with Crippen molar-refractivity contribution in [1.82, 2.24) is 4.98 Å². The summed E-state index contributed by atoms with van der Waals surface area (Å²) in [5.41, 5.74) is 1.62. The lowest BCUT2D eigenvalue weighted by molar-refractivity contribution is 0.00578. The molecule has 0 spiro atoms. The van der Waals surface area contributed by atoms with Gasteiger partial charge < -0.3 is 24.1 Å². The van der Waals surface area contributed by atoms with Crippen LogP contribution in [0.4, 0.5) is 0 Å². The monoisotopic (exact) mass is 357 g/mol. The fourth-order valence-electron chi connectivity index (χ4n) is 2.95. The third-order valence-electron chi connectivity index (χ3n) is 5.19. The Kier molecular flexibility index (Phi) is 4.73. The molecule has 1 aliphatic rings. The minimum atomic E-state index is -0.647. The summed E-state index contributed by atoms with van der Waals surface area (Å²) in [7, 11) is 0.707. The summed E-state index contributed by atoms with van der Waals surface area (Å²) >= 11 is 0. The van der Waals surface area contributed by atoms with Gasteiger partial charge in [-0.25, -0.2) is 4.79 Å². The molecule has 0 aliphatic carbocycles. The minimum Gasteiger partial charge on any atom is -0.465 e. The number of aliphatic hydroxyl groups is 1. The van der Waals surface area contributed by atoms with Gasteiger partial charge in [0.05, 0.1) is 30.5 Å². The van der Waals surface area contributed by atoms with Crippen molar-refractivity contribution in [2.24, 2.45) is 0 Å². The Morgan fingerprint density at radius 3 is 2.50 bits per heavy atom. The molecule has 1 aromatic heterocycles. The van der Waals surface area contributed by atoms with E-state index in [9.17, 15) is 9.90 Å². The Bertz CT molecular complexity index is 852. The molecule has 26 heavy (non-hydrogen) atoms. The van der Waals surface area contributed by atoms with Crippen molar-refractivity contribution in [2.75, 3.05) is 13.7 Å². The molecular weight excluding hydrogens is 333 g/mol. The molecule has 0 bridgehead atoms. The van der Waals surface area contributed by atoms with Crippen molar-refractivity contribution >= 4 is 30.1 Å². The number of aromatic nitrogens is 1. The van der Waals surface area contributed by atoms with Gasteiger partial charge in [-0.15, -0.1) is 0 Å². The van der Waals surface area contributed by atoms with Crippen LogP contribution in [-0.2, 0) is 14.0 Å². The number of nitrogens with one attached hydrogen (secondary N) is 1. The average Bonchev–Trinajstić information content (AvgIpc) is 3.12. The first-order valence-corrected chi connectivity index (χ1v) is 8.55. The van der Waals surface area contributed by atoms with Crippen LogP contribution >= 0.6 is 0 Å². The normalized spacial score (nSPS) is 19.2. The van der Waals surface area contributed by atoms with Gasteiger partial charge in [0.1, 0.15) is 0 Å². The van der Waals surface area contributed by atoms with E-state index in [-0.39, 0.29) is 6.61 Å². The Balaban J connectivity index is 2.01.